The monoisotopic (exact) mass is 627 g/mol. The molecule has 4 aromatic heterocycles. The van der Waals surface area contributed by atoms with E-state index in [1.807, 2.05) is 29.0 Å². The third-order valence-corrected chi connectivity index (χ3v) is 8.86. The third kappa shape index (κ3) is 7.68. The average molecular weight is 628 g/mol. The van der Waals surface area contributed by atoms with E-state index in [4.69, 9.17) is 24.8 Å². The van der Waals surface area contributed by atoms with Gasteiger partial charge in [0, 0.05) is 75.4 Å². The van der Waals surface area contributed by atoms with Crippen LogP contribution in [0.25, 0.3) is 22.6 Å². The van der Waals surface area contributed by atoms with E-state index in [0.717, 1.165) is 71.7 Å². The highest BCUT2D eigenvalue weighted by molar-refractivity contribution is 5.93. The van der Waals surface area contributed by atoms with Crippen molar-refractivity contribution in [1.82, 2.24) is 39.5 Å². The lowest BCUT2D eigenvalue weighted by atomic mass is 9.82. The fraction of sp³-hybridized carbons (Fsp3) is 0.571. The highest BCUT2D eigenvalue weighted by Crippen LogP contribution is 2.35. The molecular formula is C35H49N9O2. The highest BCUT2D eigenvalue weighted by atomic mass is 16.5. The molecule has 0 aliphatic heterocycles. The molecule has 0 radical (unpaired) electrons. The number of methoxy groups -OCH3 is 1. The van der Waals surface area contributed by atoms with Gasteiger partial charge < -0.3 is 4.74 Å². The van der Waals surface area contributed by atoms with Crippen LogP contribution in [0.5, 0.6) is 0 Å². The minimum absolute atomic E-state index is 0.0610. The minimum atomic E-state index is -0.113. The molecule has 1 fully saturated rings. The number of amides is 1. The van der Waals surface area contributed by atoms with Crippen LogP contribution in [-0.2, 0) is 28.4 Å². The van der Waals surface area contributed by atoms with Gasteiger partial charge in [-0.1, -0.05) is 20.8 Å². The van der Waals surface area contributed by atoms with E-state index in [9.17, 15) is 4.79 Å². The van der Waals surface area contributed by atoms with Gasteiger partial charge in [0.25, 0.3) is 0 Å². The van der Waals surface area contributed by atoms with Crippen molar-refractivity contribution in [3.63, 3.8) is 0 Å². The Morgan fingerprint density at radius 2 is 1.78 bits per heavy atom. The first-order valence-electron chi connectivity index (χ1n) is 16.5. The topological polar surface area (TPSA) is 117 Å². The highest BCUT2D eigenvalue weighted by Gasteiger charge is 2.32. The molecule has 4 aromatic rings. The van der Waals surface area contributed by atoms with Crippen molar-refractivity contribution in [2.75, 3.05) is 18.6 Å². The summed E-state index contributed by atoms with van der Waals surface area (Å²) in [7, 11) is 3.53. The SMILES string of the molecule is COCCCC(=O)N(c1cnc(-c2cnn(C)c2)cn1)C1CCC(Cc2ncc(C(C)(C)C)c(-c3nn(C(C)C)cc3C)n2)CC1. The smallest absolute Gasteiger partial charge is 0.228 e. The fourth-order valence-electron chi connectivity index (χ4n) is 6.25. The first kappa shape index (κ1) is 33.4. The number of aryl methyl sites for hydroxylation is 2. The zero-order valence-electron chi connectivity index (χ0n) is 28.7. The molecule has 1 aliphatic carbocycles. The number of carbonyl (C=O) groups excluding carboxylic acids is 1. The molecule has 0 N–H and O–H groups in total. The first-order valence-corrected chi connectivity index (χ1v) is 16.5. The summed E-state index contributed by atoms with van der Waals surface area (Å²) in [6, 6.07) is 0.339. The second-order valence-corrected chi connectivity index (χ2v) is 13.9. The maximum Gasteiger partial charge on any atom is 0.228 e. The van der Waals surface area contributed by atoms with Crippen LogP contribution in [0.2, 0.25) is 0 Å². The van der Waals surface area contributed by atoms with Gasteiger partial charge in [0.05, 0.1) is 30.0 Å². The van der Waals surface area contributed by atoms with Gasteiger partial charge in [-0.15, -0.1) is 0 Å². The van der Waals surface area contributed by atoms with E-state index in [-0.39, 0.29) is 23.4 Å². The summed E-state index contributed by atoms with van der Waals surface area (Å²) in [5.41, 5.74) is 5.61. The van der Waals surface area contributed by atoms with Crippen LogP contribution < -0.4 is 4.90 Å². The van der Waals surface area contributed by atoms with E-state index >= 15 is 0 Å². The average Bonchev–Trinajstić information content (AvgIpc) is 3.63. The third-order valence-electron chi connectivity index (χ3n) is 8.86. The Bertz CT molecular complexity index is 1610. The van der Waals surface area contributed by atoms with Crippen LogP contribution in [0.1, 0.15) is 96.1 Å². The van der Waals surface area contributed by atoms with Crippen molar-refractivity contribution in [2.24, 2.45) is 13.0 Å². The molecule has 0 saturated heterocycles. The van der Waals surface area contributed by atoms with Gasteiger partial charge in [-0.25, -0.2) is 15.0 Å². The van der Waals surface area contributed by atoms with Crippen molar-refractivity contribution in [3.05, 3.63) is 54.1 Å². The number of aromatic nitrogens is 8. The molecule has 1 saturated carbocycles. The van der Waals surface area contributed by atoms with Gasteiger partial charge in [-0.2, -0.15) is 10.2 Å². The van der Waals surface area contributed by atoms with E-state index in [1.54, 1.807) is 30.4 Å². The van der Waals surface area contributed by atoms with Crippen LogP contribution in [0, 0.1) is 12.8 Å². The Morgan fingerprint density at radius 1 is 1.02 bits per heavy atom. The molecule has 5 rings (SSSR count). The molecule has 0 aromatic carbocycles. The maximum atomic E-state index is 13.6. The normalized spacial score (nSPS) is 17.1. The summed E-state index contributed by atoms with van der Waals surface area (Å²) < 4.78 is 8.97. The predicted octanol–water partition coefficient (Wildman–Crippen LogP) is 6.28. The zero-order valence-corrected chi connectivity index (χ0v) is 28.7. The summed E-state index contributed by atoms with van der Waals surface area (Å²) in [6.07, 6.45) is 16.8. The summed E-state index contributed by atoms with van der Waals surface area (Å²) in [6.45, 7) is 13.5. The maximum absolute atomic E-state index is 13.6. The van der Waals surface area contributed by atoms with Gasteiger partial charge in [-0.05, 0) is 69.8 Å². The Morgan fingerprint density at radius 3 is 2.37 bits per heavy atom. The van der Waals surface area contributed by atoms with Crippen molar-refractivity contribution >= 4 is 11.7 Å². The van der Waals surface area contributed by atoms with Gasteiger partial charge >= 0.3 is 0 Å². The molecular weight excluding hydrogens is 578 g/mol. The summed E-state index contributed by atoms with van der Waals surface area (Å²) in [5, 5.41) is 9.17. The quantitative estimate of drug-likeness (QED) is 0.179. The van der Waals surface area contributed by atoms with Crippen LogP contribution >= 0.6 is 0 Å². The largest absolute Gasteiger partial charge is 0.385 e. The predicted molar refractivity (Wildman–Crippen MR) is 179 cm³/mol. The Labute approximate surface area is 272 Å². The standard InChI is InChI=1S/C35H49N9O2/c1-23(2)43-21-24(3)33(41-43)34-28(35(4,5)6)18-37-30(40-34)16-25-11-13-27(14-12-25)44(32(45)10-9-15-46-8)31-20-36-29(19-38-31)26-17-39-42(7)22-26/h17-23,25,27H,9-16H2,1-8H3. The van der Waals surface area contributed by atoms with E-state index in [0.29, 0.717) is 31.2 Å². The number of rotatable bonds is 11. The van der Waals surface area contributed by atoms with Crippen molar-refractivity contribution in [1.29, 1.82) is 0 Å². The second kappa shape index (κ2) is 14.2. The Kier molecular flexibility index (Phi) is 10.3. The fourth-order valence-corrected chi connectivity index (χ4v) is 6.25. The lowest BCUT2D eigenvalue weighted by Gasteiger charge is -2.36. The molecule has 11 heteroatoms. The van der Waals surface area contributed by atoms with Crippen molar-refractivity contribution in [3.8, 4) is 22.6 Å². The number of hydrogen-bond donors (Lipinski definition) is 0. The number of hydrogen-bond acceptors (Lipinski definition) is 8. The van der Waals surface area contributed by atoms with E-state index < -0.39 is 0 Å². The van der Waals surface area contributed by atoms with Gasteiger partial charge in [0.2, 0.25) is 5.91 Å². The number of carbonyl (C=O) groups is 1. The van der Waals surface area contributed by atoms with Crippen LogP contribution in [0.3, 0.4) is 0 Å². The molecule has 246 valence electrons. The zero-order chi connectivity index (χ0) is 33.0. The molecule has 0 spiro atoms. The molecule has 0 unspecified atom stereocenters. The summed E-state index contributed by atoms with van der Waals surface area (Å²) >= 11 is 0. The van der Waals surface area contributed by atoms with Crippen LogP contribution in [0.4, 0.5) is 5.82 Å². The minimum Gasteiger partial charge on any atom is -0.385 e. The van der Waals surface area contributed by atoms with Gasteiger partial charge in [0.1, 0.15) is 11.5 Å². The van der Waals surface area contributed by atoms with Gasteiger partial charge in [-0.3, -0.25) is 24.0 Å². The van der Waals surface area contributed by atoms with Gasteiger partial charge in [0.15, 0.2) is 5.82 Å². The molecule has 1 amide bonds. The van der Waals surface area contributed by atoms with E-state index in [1.165, 1.54) is 0 Å². The lowest BCUT2D eigenvalue weighted by Crippen LogP contribution is -2.43. The van der Waals surface area contributed by atoms with Crippen LogP contribution in [0.15, 0.2) is 37.2 Å². The van der Waals surface area contributed by atoms with Crippen LogP contribution in [-0.4, -0.2) is 65.2 Å². The van der Waals surface area contributed by atoms with E-state index in [2.05, 4.69) is 57.8 Å². The van der Waals surface area contributed by atoms with Crippen molar-refractivity contribution < 1.29 is 9.53 Å². The molecule has 0 atom stereocenters. The summed E-state index contributed by atoms with van der Waals surface area (Å²) in [5.74, 6) is 1.95. The molecule has 0 bridgehead atoms. The second-order valence-electron chi connectivity index (χ2n) is 13.9. The lowest BCUT2D eigenvalue weighted by molar-refractivity contribution is -0.119. The first-order chi connectivity index (χ1) is 21.9. The molecule has 1 aliphatic rings. The molecule has 11 nitrogen and oxygen atoms in total. The Balaban J connectivity index is 1.32. The summed E-state index contributed by atoms with van der Waals surface area (Å²) in [4.78, 5) is 34.8. The molecule has 4 heterocycles. The molecule has 46 heavy (non-hydrogen) atoms. The number of nitrogens with zero attached hydrogens (tertiary/aromatic N) is 9. The van der Waals surface area contributed by atoms with Crippen molar-refractivity contribution in [2.45, 2.75) is 104 Å². The Hall–Kier alpha value is -3.99. The number of ether oxygens (including phenoxy) is 1. The number of anilines is 1.